The predicted octanol–water partition coefficient (Wildman–Crippen LogP) is 5.69. The van der Waals surface area contributed by atoms with Gasteiger partial charge >= 0.3 is 12.2 Å². The topological polar surface area (TPSA) is 175 Å². The van der Waals surface area contributed by atoms with Crippen molar-refractivity contribution in [3.8, 4) is 5.75 Å². The van der Waals surface area contributed by atoms with Gasteiger partial charge in [-0.15, -0.1) is 0 Å². The van der Waals surface area contributed by atoms with Crippen LogP contribution in [-0.4, -0.2) is 76.7 Å². The van der Waals surface area contributed by atoms with Gasteiger partial charge in [0.05, 0.1) is 6.04 Å². The SMILES string of the molecule is Cc1cc(O)cc(C)c1CNC(=O)[C@H](CCCNC(=O)OCc1ccccc1)NC(=O)[C@@H]1CCCN1C(=O)C/C=C/[C@H](CC(C)C)NC(=O)OC(C)(C)C. The highest BCUT2D eigenvalue weighted by Gasteiger charge is 2.35. The molecular formula is C41H59N5O8. The minimum Gasteiger partial charge on any atom is -0.508 e. The first-order valence-corrected chi connectivity index (χ1v) is 18.8. The maximum Gasteiger partial charge on any atom is 0.408 e. The van der Waals surface area contributed by atoms with Crippen LogP contribution in [0.1, 0.15) is 95.4 Å². The molecule has 1 heterocycles. The van der Waals surface area contributed by atoms with Gasteiger partial charge in [-0.1, -0.05) is 56.3 Å². The van der Waals surface area contributed by atoms with Crippen molar-refractivity contribution < 1.29 is 38.6 Å². The third-order valence-electron chi connectivity index (χ3n) is 8.87. The lowest BCUT2D eigenvalue weighted by atomic mass is 10.0. The summed E-state index contributed by atoms with van der Waals surface area (Å²) in [6, 6.07) is 10.5. The molecule has 0 aromatic heterocycles. The van der Waals surface area contributed by atoms with E-state index in [0.29, 0.717) is 32.2 Å². The smallest absolute Gasteiger partial charge is 0.408 e. The number of aryl methyl sites for hydroxylation is 2. The molecule has 1 aliphatic heterocycles. The van der Waals surface area contributed by atoms with Gasteiger partial charge in [0.15, 0.2) is 0 Å². The summed E-state index contributed by atoms with van der Waals surface area (Å²) in [6.07, 6.45) is 4.73. The van der Waals surface area contributed by atoms with Crippen molar-refractivity contribution in [2.75, 3.05) is 13.1 Å². The highest BCUT2D eigenvalue weighted by atomic mass is 16.6. The van der Waals surface area contributed by atoms with Crippen molar-refractivity contribution in [2.45, 2.75) is 124 Å². The lowest BCUT2D eigenvalue weighted by Gasteiger charge is -2.26. The molecule has 0 radical (unpaired) electrons. The second-order valence-corrected chi connectivity index (χ2v) is 15.2. The zero-order valence-corrected chi connectivity index (χ0v) is 32.8. The lowest BCUT2D eigenvalue weighted by molar-refractivity contribution is -0.139. The van der Waals surface area contributed by atoms with E-state index in [0.717, 1.165) is 22.3 Å². The van der Waals surface area contributed by atoms with E-state index >= 15 is 0 Å². The van der Waals surface area contributed by atoms with Crippen molar-refractivity contribution in [3.63, 3.8) is 0 Å². The van der Waals surface area contributed by atoms with Gasteiger partial charge in [0.2, 0.25) is 17.7 Å². The first-order chi connectivity index (χ1) is 25.5. The first kappa shape index (κ1) is 43.3. The summed E-state index contributed by atoms with van der Waals surface area (Å²) in [5.74, 6) is -0.655. The molecule has 2 aromatic carbocycles. The maximum atomic E-state index is 13.7. The monoisotopic (exact) mass is 749 g/mol. The lowest BCUT2D eigenvalue weighted by Crippen LogP contribution is -2.53. The van der Waals surface area contributed by atoms with Crippen molar-refractivity contribution >= 4 is 29.9 Å². The number of hydrogen-bond acceptors (Lipinski definition) is 8. The van der Waals surface area contributed by atoms with Gasteiger partial charge in [-0.3, -0.25) is 14.4 Å². The number of carbonyl (C=O) groups is 5. The Morgan fingerprint density at radius 1 is 0.981 bits per heavy atom. The molecule has 0 bridgehead atoms. The number of carbonyl (C=O) groups excluding carboxylic acids is 5. The van der Waals surface area contributed by atoms with Crippen molar-refractivity contribution in [3.05, 3.63) is 76.9 Å². The second kappa shape index (κ2) is 21.0. The van der Waals surface area contributed by atoms with Crippen molar-refractivity contribution in [1.82, 2.24) is 26.2 Å². The van der Waals surface area contributed by atoms with E-state index < -0.39 is 41.7 Å². The molecule has 5 N–H and O–H groups in total. The Kier molecular flexibility index (Phi) is 16.8. The Morgan fingerprint density at radius 2 is 1.67 bits per heavy atom. The van der Waals surface area contributed by atoms with Crippen LogP contribution in [0.25, 0.3) is 0 Å². The van der Waals surface area contributed by atoms with E-state index in [1.807, 2.05) is 58.0 Å². The number of hydrogen-bond donors (Lipinski definition) is 5. The molecule has 13 nitrogen and oxygen atoms in total. The van der Waals surface area contributed by atoms with Crippen LogP contribution in [0.5, 0.6) is 5.75 Å². The van der Waals surface area contributed by atoms with Crippen LogP contribution in [0, 0.1) is 19.8 Å². The molecule has 1 aliphatic rings. The average Bonchev–Trinajstić information content (AvgIpc) is 3.58. The molecule has 3 rings (SSSR count). The third-order valence-corrected chi connectivity index (χ3v) is 8.87. The Balaban J connectivity index is 1.63. The number of nitrogens with one attached hydrogen (secondary N) is 4. The van der Waals surface area contributed by atoms with Gasteiger partial charge in [0.25, 0.3) is 0 Å². The molecule has 0 saturated carbocycles. The number of phenolic OH excluding ortho intramolecular Hbond substituents is 1. The molecular weight excluding hydrogens is 690 g/mol. The van der Waals surface area contributed by atoms with Crippen LogP contribution in [0.2, 0.25) is 0 Å². The molecule has 13 heteroatoms. The molecule has 2 aromatic rings. The summed E-state index contributed by atoms with van der Waals surface area (Å²) in [4.78, 5) is 66.9. The predicted molar refractivity (Wildman–Crippen MR) is 206 cm³/mol. The first-order valence-electron chi connectivity index (χ1n) is 18.8. The summed E-state index contributed by atoms with van der Waals surface area (Å²) in [6.45, 7) is 14.1. The molecule has 0 spiro atoms. The fourth-order valence-corrected chi connectivity index (χ4v) is 6.30. The molecule has 296 valence electrons. The number of amides is 5. The summed E-state index contributed by atoms with van der Waals surface area (Å²) >= 11 is 0. The van der Waals surface area contributed by atoms with Crippen LogP contribution < -0.4 is 21.3 Å². The van der Waals surface area contributed by atoms with E-state index in [1.165, 1.54) is 0 Å². The number of nitrogens with zero attached hydrogens (tertiary/aromatic N) is 1. The van der Waals surface area contributed by atoms with E-state index in [1.54, 1.807) is 50.0 Å². The fourth-order valence-electron chi connectivity index (χ4n) is 6.30. The zero-order valence-electron chi connectivity index (χ0n) is 32.8. The van der Waals surface area contributed by atoms with Crippen LogP contribution >= 0.6 is 0 Å². The van der Waals surface area contributed by atoms with Crippen molar-refractivity contribution in [2.24, 2.45) is 5.92 Å². The number of likely N-dealkylation sites (tertiary alicyclic amines) is 1. The molecule has 54 heavy (non-hydrogen) atoms. The number of rotatable bonds is 17. The standard InChI is InChI=1S/C41H59N5O8/c1-27(2)22-31(44-40(52)54-41(5,6)7)16-11-19-36(48)46-21-13-18-35(46)38(50)45-34(37(49)43-25-33-28(3)23-32(47)24-29(33)4)17-12-20-42-39(51)53-26-30-14-9-8-10-15-30/h8-11,14-16,23-24,27,31,34-35,47H,12-13,17-22,25-26H2,1-7H3,(H,42,51)(H,43,49)(H,44,52)(H,45,50)/b16-11+/t31-,34+,35+/m1/s1. The minimum atomic E-state index is -0.939. The highest BCUT2D eigenvalue weighted by molar-refractivity contribution is 5.92. The van der Waals surface area contributed by atoms with Gasteiger partial charge in [-0.25, -0.2) is 9.59 Å². The van der Waals surface area contributed by atoms with Crippen LogP contribution in [-0.2, 0) is 37.0 Å². The van der Waals surface area contributed by atoms with E-state index in [2.05, 4.69) is 21.3 Å². The quantitative estimate of drug-likeness (QED) is 0.101. The summed E-state index contributed by atoms with van der Waals surface area (Å²) in [7, 11) is 0. The molecule has 5 amide bonds. The van der Waals surface area contributed by atoms with Gasteiger partial charge < -0.3 is 40.7 Å². The Morgan fingerprint density at radius 3 is 2.31 bits per heavy atom. The van der Waals surface area contributed by atoms with Gasteiger partial charge in [-0.2, -0.15) is 0 Å². The molecule has 0 aliphatic carbocycles. The van der Waals surface area contributed by atoms with Gasteiger partial charge in [-0.05, 0) is 107 Å². The summed E-state index contributed by atoms with van der Waals surface area (Å²) in [5, 5.41) is 21.3. The Hall–Kier alpha value is -5.07. The number of alkyl carbamates (subject to hydrolysis) is 2. The third kappa shape index (κ3) is 15.1. The van der Waals surface area contributed by atoms with Crippen LogP contribution in [0.4, 0.5) is 9.59 Å². The molecule has 1 fully saturated rings. The molecule has 3 atom stereocenters. The number of phenols is 1. The highest BCUT2D eigenvalue weighted by Crippen LogP contribution is 2.22. The fraction of sp³-hybridized carbons (Fsp3) is 0.537. The van der Waals surface area contributed by atoms with Crippen molar-refractivity contribution in [1.29, 1.82) is 0 Å². The second-order valence-electron chi connectivity index (χ2n) is 15.2. The summed E-state index contributed by atoms with van der Waals surface area (Å²) < 4.78 is 10.7. The molecule has 1 saturated heterocycles. The number of ether oxygens (including phenoxy) is 2. The summed E-state index contributed by atoms with van der Waals surface area (Å²) in [5.41, 5.74) is 2.70. The maximum absolute atomic E-state index is 13.7. The van der Waals surface area contributed by atoms with Crippen LogP contribution in [0.3, 0.4) is 0 Å². The zero-order chi connectivity index (χ0) is 39.8. The Bertz CT molecular complexity index is 1580. The van der Waals surface area contributed by atoms with E-state index in [4.69, 9.17) is 9.47 Å². The minimum absolute atomic E-state index is 0.0374. The van der Waals surface area contributed by atoms with Gasteiger partial charge in [0.1, 0.15) is 30.0 Å². The van der Waals surface area contributed by atoms with Gasteiger partial charge in [0, 0.05) is 26.1 Å². The number of aromatic hydroxyl groups is 1. The van der Waals surface area contributed by atoms with Crippen LogP contribution in [0.15, 0.2) is 54.6 Å². The molecule has 0 unspecified atom stereocenters. The largest absolute Gasteiger partial charge is 0.508 e. The number of benzene rings is 2. The van der Waals surface area contributed by atoms with E-state index in [9.17, 15) is 29.1 Å². The Labute approximate surface area is 319 Å². The van der Waals surface area contributed by atoms with E-state index in [-0.39, 0.29) is 56.2 Å². The average molecular weight is 750 g/mol. The normalized spacial score (nSPS) is 15.4.